The monoisotopic (exact) mass is 302 g/mol. The Bertz CT molecular complexity index is 469. The second-order valence-electron chi connectivity index (χ2n) is 4.41. The normalized spacial score (nSPS) is 11.3. The van der Waals surface area contributed by atoms with Gasteiger partial charge >= 0.3 is 5.97 Å². The molecule has 0 unspecified atom stereocenters. The van der Waals surface area contributed by atoms with Crippen LogP contribution >= 0.6 is 15.9 Å². The summed E-state index contributed by atoms with van der Waals surface area (Å²) in [6.45, 7) is 2.98. The van der Waals surface area contributed by atoms with Crippen LogP contribution in [0.5, 0.6) is 0 Å². The van der Waals surface area contributed by atoms with Crippen LogP contribution in [-0.2, 0) is 4.79 Å². The molecule has 3 nitrogen and oxygen atoms in total. The predicted molar refractivity (Wildman–Crippen MR) is 64.5 cm³/mol. The third-order valence-corrected chi connectivity index (χ3v) is 2.87. The lowest BCUT2D eigenvalue weighted by atomic mass is 9.81. The molecule has 0 aliphatic carbocycles. The van der Waals surface area contributed by atoms with Gasteiger partial charge in [-0.25, -0.2) is 4.39 Å². The zero-order valence-electron chi connectivity index (χ0n) is 9.46. The number of halogens is 2. The van der Waals surface area contributed by atoms with E-state index in [9.17, 15) is 14.0 Å². The lowest BCUT2D eigenvalue weighted by Crippen LogP contribution is -2.28. The van der Waals surface area contributed by atoms with Gasteiger partial charge in [-0.15, -0.1) is 0 Å². The van der Waals surface area contributed by atoms with Crippen LogP contribution in [0, 0.1) is 11.2 Å². The van der Waals surface area contributed by atoms with Crippen LogP contribution in [0.4, 0.5) is 4.39 Å². The molecule has 0 saturated heterocycles. The minimum atomic E-state index is -1.13. The van der Waals surface area contributed by atoms with Crippen LogP contribution in [0.25, 0.3) is 0 Å². The van der Waals surface area contributed by atoms with Crippen LogP contribution in [0.15, 0.2) is 22.7 Å². The van der Waals surface area contributed by atoms with E-state index in [4.69, 9.17) is 5.11 Å². The minimum Gasteiger partial charge on any atom is -0.481 e. The maximum Gasteiger partial charge on any atom is 0.304 e. The third kappa shape index (κ3) is 3.36. The highest BCUT2D eigenvalue weighted by Gasteiger charge is 2.32. The summed E-state index contributed by atoms with van der Waals surface area (Å²) < 4.78 is 14.1. The summed E-state index contributed by atoms with van der Waals surface area (Å²) in [5, 5.41) is 8.71. The summed E-state index contributed by atoms with van der Waals surface area (Å²) in [6.07, 6.45) is -0.336. The van der Waals surface area contributed by atoms with Crippen molar-refractivity contribution < 1.29 is 19.1 Å². The van der Waals surface area contributed by atoms with Gasteiger partial charge in [-0.3, -0.25) is 9.59 Å². The van der Waals surface area contributed by atoms with Crippen LogP contribution < -0.4 is 0 Å². The number of ketones is 1. The van der Waals surface area contributed by atoms with E-state index < -0.39 is 23.0 Å². The SMILES string of the molecule is CC(C)(CC(=O)O)C(=O)c1cc(Br)ccc1F. The quantitative estimate of drug-likeness (QED) is 0.869. The van der Waals surface area contributed by atoms with Gasteiger partial charge in [0.2, 0.25) is 0 Å². The van der Waals surface area contributed by atoms with Crippen LogP contribution in [-0.4, -0.2) is 16.9 Å². The number of carbonyl (C=O) groups excluding carboxylic acids is 1. The van der Waals surface area contributed by atoms with Gasteiger partial charge < -0.3 is 5.11 Å². The standard InChI is InChI=1S/C12H12BrFO3/c1-12(2,6-10(15)16)11(17)8-5-7(13)3-4-9(8)14/h3-5H,6H2,1-2H3,(H,15,16). The summed E-state index contributed by atoms with van der Waals surface area (Å²) >= 11 is 3.15. The lowest BCUT2D eigenvalue weighted by Gasteiger charge is -2.21. The highest BCUT2D eigenvalue weighted by Crippen LogP contribution is 2.28. The summed E-state index contributed by atoms with van der Waals surface area (Å²) in [5.74, 6) is -2.24. The number of carboxylic acids is 1. The number of hydrogen-bond donors (Lipinski definition) is 1. The van der Waals surface area contributed by atoms with E-state index in [0.29, 0.717) is 4.47 Å². The number of carbonyl (C=O) groups is 2. The van der Waals surface area contributed by atoms with Gasteiger partial charge in [0.25, 0.3) is 0 Å². The Morgan fingerprint density at radius 2 is 2.00 bits per heavy atom. The van der Waals surface area contributed by atoms with E-state index in [-0.39, 0.29) is 12.0 Å². The molecule has 1 aromatic carbocycles. The molecule has 0 amide bonds. The van der Waals surface area contributed by atoms with Gasteiger partial charge in [-0.1, -0.05) is 29.8 Å². The summed E-state index contributed by atoms with van der Waals surface area (Å²) in [6, 6.07) is 4.02. The number of aliphatic carboxylic acids is 1. The Morgan fingerprint density at radius 1 is 1.41 bits per heavy atom. The molecule has 92 valence electrons. The van der Waals surface area contributed by atoms with E-state index in [1.54, 1.807) is 0 Å². The number of carboxylic acid groups (broad SMARTS) is 1. The average molecular weight is 303 g/mol. The molecule has 1 N–H and O–H groups in total. The van der Waals surface area contributed by atoms with Crippen LogP contribution in [0.2, 0.25) is 0 Å². The van der Waals surface area contributed by atoms with Crippen molar-refractivity contribution in [3.63, 3.8) is 0 Å². The van der Waals surface area contributed by atoms with E-state index in [2.05, 4.69) is 15.9 Å². The molecule has 0 radical (unpaired) electrons. The van der Waals surface area contributed by atoms with Gasteiger partial charge in [0, 0.05) is 9.89 Å². The molecular weight excluding hydrogens is 291 g/mol. The van der Waals surface area contributed by atoms with Gasteiger partial charge in [-0.05, 0) is 18.2 Å². The zero-order chi connectivity index (χ0) is 13.2. The average Bonchev–Trinajstić information content (AvgIpc) is 2.18. The second-order valence-corrected chi connectivity index (χ2v) is 5.32. The Balaban J connectivity index is 3.11. The smallest absolute Gasteiger partial charge is 0.304 e. The summed E-state index contributed by atoms with van der Waals surface area (Å²) in [4.78, 5) is 22.7. The highest BCUT2D eigenvalue weighted by molar-refractivity contribution is 9.10. The minimum absolute atomic E-state index is 0.0920. The molecule has 17 heavy (non-hydrogen) atoms. The van der Waals surface area contributed by atoms with Crippen LogP contribution in [0.1, 0.15) is 30.6 Å². The van der Waals surface area contributed by atoms with E-state index in [1.807, 2.05) is 0 Å². The van der Waals surface area contributed by atoms with Crippen molar-refractivity contribution in [1.29, 1.82) is 0 Å². The third-order valence-electron chi connectivity index (χ3n) is 2.38. The topological polar surface area (TPSA) is 54.4 Å². The Hall–Kier alpha value is -1.23. The molecular formula is C12H12BrFO3. The maximum atomic E-state index is 13.5. The fourth-order valence-corrected chi connectivity index (χ4v) is 1.86. The predicted octanol–water partition coefficient (Wildman–Crippen LogP) is 3.27. The van der Waals surface area contributed by atoms with Gasteiger partial charge in [-0.2, -0.15) is 0 Å². The molecule has 0 saturated carbocycles. The van der Waals surface area contributed by atoms with Gasteiger partial charge in [0.15, 0.2) is 5.78 Å². The Kier molecular flexibility index (Phi) is 4.03. The molecule has 1 aromatic rings. The number of rotatable bonds is 4. The Morgan fingerprint density at radius 3 is 2.53 bits per heavy atom. The first-order valence-corrected chi connectivity index (χ1v) is 5.75. The van der Waals surface area contributed by atoms with E-state index in [1.165, 1.54) is 32.0 Å². The van der Waals surface area contributed by atoms with Crippen molar-refractivity contribution in [3.05, 3.63) is 34.1 Å². The second kappa shape index (κ2) is 4.96. The summed E-state index contributed by atoms with van der Waals surface area (Å²) in [5.41, 5.74) is -1.22. The first-order chi connectivity index (χ1) is 7.74. The highest BCUT2D eigenvalue weighted by atomic mass is 79.9. The molecule has 1 rings (SSSR count). The maximum absolute atomic E-state index is 13.5. The number of benzene rings is 1. The van der Waals surface area contributed by atoms with Crippen molar-refractivity contribution in [1.82, 2.24) is 0 Å². The van der Waals surface area contributed by atoms with Crippen molar-refractivity contribution in [2.45, 2.75) is 20.3 Å². The number of Topliss-reactive ketones (excluding diaryl/α,β-unsaturated/α-hetero) is 1. The first-order valence-electron chi connectivity index (χ1n) is 4.95. The molecule has 0 bridgehead atoms. The van der Waals surface area contributed by atoms with Gasteiger partial charge in [0.1, 0.15) is 5.82 Å². The fourth-order valence-electron chi connectivity index (χ4n) is 1.49. The molecule has 0 aromatic heterocycles. The largest absolute Gasteiger partial charge is 0.481 e. The molecule has 0 atom stereocenters. The van der Waals surface area contributed by atoms with Crippen molar-refractivity contribution in [2.75, 3.05) is 0 Å². The molecule has 0 aliphatic rings. The molecule has 0 heterocycles. The van der Waals surface area contributed by atoms with E-state index in [0.717, 1.165) is 0 Å². The molecule has 0 aliphatic heterocycles. The Labute approximate surface area is 107 Å². The first kappa shape index (κ1) is 13.8. The van der Waals surface area contributed by atoms with Crippen molar-refractivity contribution in [3.8, 4) is 0 Å². The zero-order valence-corrected chi connectivity index (χ0v) is 11.0. The summed E-state index contributed by atoms with van der Waals surface area (Å²) in [7, 11) is 0. The fraction of sp³-hybridized carbons (Fsp3) is 0.333. The van der Waals surface area contributed by atoms with E-state index >= 15 is 0 Å². The van der Waals surface area contributed by atoms with Crippen molar-refractivity contribution in [2.24, 2.45) is 5.41 Å². The van der Waals surface area contributed by atoms with Gasteiger partial charge in [0.05, 0.1) is 12.0 Å². The van der Waals surface area contributed by atoms with Crippen LogP contribution in [0.3, 0.4) is 0 Å². The number of hydrogen-bond acceptors (Lipinski definition) is 2. The van der Waals surface area contributed by atoms with Crippen molar-refractivity contribution >= 4 is 27.7 Å². The molecule has 0 fully saturated rings. The molecule has 0 spiro atoms. The molecule has 5 heteroatoms. The lowest BCUT2D eigenvalue weighted by molar-refractivity contribution is -0.138.